The van der Waals surface area contributed by atoms with Crippen molar-refractivity contribution in [1.82, 2.24) is 10.3 Å². The summed E-state index contributed by atoms with van der Waals surface area (Å²) in [6.07, 6.45) is 2.71. The standard InChI is InChI=1S/C25H25F3N2O2/c26-25(27,28)32-21-8-4-7-20(13-21)22-15-29-16-23(22)24(31)30-14-17-9-11-19(12-10-17)18-5-2-1-3-6-18/h1-8,13,15-17,19,29H,9-12,14H2,(H,30,31). The number of hydrogen-bond donors (Lipinski definition) is 2. The predicted molar refractivity (Wildman–Crippen MR) is 116 cm³/mol. The maximum Gasteiger partial charge on any atom is 0.573 e. The first-order chi connectivity index (χ1) is 15.4. The third-order valence-electron chi connectivity index (χ3n) is 6.04. The van der Waals surface area contributed by atoms with Gasteiger partial charge in [0.2, 0.25) is 0 Å². The number of aromatic nitrogens is 1. The molecule has 0 radical (unpaired) electrons. The SMILES string of the molecule is O=C(NCC1CCC(c2ccccc2)CC1)c1c[nH]cc1-c1cccc(OC(F)(F)F)c1. The smallest absolute Gasteiger partial charge is 0.406 e. The molecule has 0 atom stereocenters. The number of ether oxygens (including phenoxy) is 1. The minimum atomic E-state index is -4.77. The Hall–Kier alpha value is -3.22. The second-order valence-corrected chi connectivity index (χ2v) is 8.20. The summed E-state index contributed by atoms with van der Waals surface area (Å²) < 4.78 is 41.6. The van der Waals surface area contributed by atoms with Gasteiger partial charge in [0, 0.05) is 24.5 Å². The highest BCUT2D eigenvalue weighted by Crippen LogP contribution is 2.35. The number of amides is 1. The van der Waals surface area contributed by atoms with E-state index in [0.717, 1.165) is 25.7 Å². The molecule has 32 heavy (non-hydrogen) atoms. The molecule has 1 fully saturated rings. The second-order valence-electron chi connectivity index (χ2n) is 8.20. The van der Waals surface area contributed by atoms with Crippen LogP contribution in [0.2, 0.25) is 0 Å². The van der Waals surface area contributed by atoms with Gasteiger partial charge in [0.25, 0.3) is 5.91 Å². The summed E-state index contributed by atoms with van der Waals surface area (Å²) in [6.45, 7) is 0.586. The molecule has 4 rings (SSSR count). The quantitative estimate of drug-likeness (QED) is 0.472. The Morgan fingerprint density at radius 1 is 1.00 bits per heavy atom. The molecule has 0 saturated heterocycles. The molecule has 3 aromatic rings. The molecule has 1 amide bonds. The molecular weight excluding hydrogens is 417 g/mol. The average molecular weight is 442 g/mol. The number of H-pyrrole nitrogens is 1. The minimum Gasteiger partial charge on any atom is -0.406 e. The molecule has 1 aromatic heterocycles. The van der Waals surface area contributed by atoms with Crippen molar-refractivity contribution >= 4 is 5.91 Å². The Kier molecular flexibility index (Phi) is 6.53. The van der Waals surface area contributed by atoms with Gasteiger partial charge in [0.1, 0.15) is 5.75 Å². The summed E-state index contributed by atoms with van der Waals surface area (Å²) in [6, 6.07) is 16.1. The van der Waals surface area contributed by atoms with E-state index in [2.05, 4.69) is 39.3 Å². The molecule has 0 spiro atoms. The molecule has 4 nitrogen and oxygen atoms in total. The maximum atomic E-state index is 12.8. The second kappa shape index (κ2) is 9.51. The lowest BCUT2D eigenvalue weighted by molar-refractivity contribution is -0.274. The monoisotopic (exact) mass is 442 g/mol. The molecular formula is C25H25F3N2O2. The topological polar surface area (TPSA) is 54.1 Å². The first-order valence-corrected chi connectivity index (χ1v) is 10.7. The molecule has 7 heteroatoms. The van der Waals surface area contributed by atoms with E-state index in [1.807, 2.05) is 6.07 Å². The van der Waals surface area contributed by atoms with Crippen molar-refractivity contribution in [2.45, 2.75) is 38.0 Å². The van der Waals surface area contributed by atoms with E-state index in [1.54, 1.807) is 18.5 Å². The van der Waals surface area contributed by atoms with Crippen LogP contribution < -0.4 is 10.1 Å². The average Bonchev–Trinajstić information content (AvgIpc) is 3.28. The molecule has 1 aliphatic rings. The Morgan fingerprint density at radius 2 is 1.75 bits per heavy atom. The predicted octanol–water partition coefficient (Wildman–Crippen LogP) is 6.28. The summed E-state index contributed by atoms with van der Waals surface area (Å²) >= 11 is 0. The van der Waals surface area contributed by atoms with E-state index in [-0.39, 0.29) is 11.7 Å². The molecule has 1 saturated carbocycles. The Balaban J connectivity index is 1.35. The van der Waals surface area contributed by atoms with Crippen molar-refractivity contribution in [3.05, 3.63) is 78.1 Å². The van der Waals surface area contributed by atoms with Crippen molar-refractivity contribution in [2.24, 2.45) is 5.92 Å². The molecule has 0 unspecified atom stereocenters. The van der Waals surface area contributed by atoms with E-state index in [1.165, 1.54) is 23.8 Å². The van der Waals surface area contributed by atoms with Crippen LogP contribution >= 0.6 is 0 Å². The molecule has 2 aromatic carbocycles. The molecule has 168 valence electrons. The van der Waals surface area contributed by atoms with Gasteiger partial charge in [-0.25, -0.2) is 0 Å². The highest BCUT2D eigenvalue weighted by atomic mass is 19.4. The number of alkyl halides is 3. The van der Waals surface area contributed by atoms with E-state index in [0.29, 0.717) is 35.1 Å². The third-order valence-corrected chi connectivity index (χ3v) is 6.04. The zero-order chi connectivity index (χ0) is 22.6. The van der Waals surface area contributed by atoms with Crippen LogP contribution in [-0.4, -0.2) is 23.8 Å². The van der Waals surface area contributed by atoms with Crippen molar-refractivity contribution in [3.8, 4) is 16.9 Å². The Morgan fingerprint density at radius 3 is 2.47 bits per heavy atom. The van der Waals surface area contributed by atoms with Crippen LogP contribution in [0.4, 0.5) is 13.2 Å². The number of carbonyl (C=O) groups is 1. The maximum absolute atomic E-state index is 12.8. The van der Waals surface area contributed by atoms with Crippen LogP contribution in [0.5, 0.6) is 5.75 Å². The Labute approximate surface area is 184 Å². The van der Waals surface area contributed by atoms with Crippen LogP contribution in [-0.2, 0) is 0 Å². The summed E-state index contributed by atoms with van der Waals surface area (Å²) in [5, 5.41) is 3.00. The van der Waals surface area contributed by atoms with Crippen LogP contribution in [0.15, 0.2) is 67.0 Å². The first kappa shape index (κ1) is 22.0. The highest BCUT2D eigenvalue weighted by Gasteiger charge is 2.31. The van der Waals surface area contributed by atoms with Gasteiger partial charge < -0.3 is 15.0 Å². The zero-order valence-electron chi connectivity index (χ0n) is 17.5. The molecule has 0 bridgehead atoms. The number of rotatable bonds is 6. The molecule has 1 aliphatic carbocycles. The first-order valence-electron chi connectivity index (χ1n) is 10.7. The lowest BCUT2D eigenvalue weighted by atomic mass is 9.78. The number of benzene rings is 2. The van der Waals surface area contributed by atoms with E-state index in [4.69, 9.17) is 0 Å². The fourth-order valence-corrected chi connectivity index (χ4v) is 4.41. The number of carbonyl (C=O) groups excluding carboxylic acids is 1. The summed E-state index contributed by atoms with van der Waals surface area (Å²) in [5.41, 5.74) is 2.78. The molecule has 2 N–H and O–H groups in total. The van der Waals surface area contributed by atoms with Gasteiger partial charge in [-0.3, -0.25) is 4.79 Å². The van der Waals surface area contributed by atoms with Crippen molar-refractivity contribution in [1.29, 1.82) is 0 Å². The summed E-state index contributed by atoms with van der Waals surface area (Å²) in [4.78, 5) is 15.7. The number of aromatic amines is 1. The van der Waals surface area contributed by atoms with Crippen molar-refractivity contribution < 1.29 is 22.7 Å². The van der Waals surface area contributed by atoms with Crippen LogP contribution in [0.3, 0.4) is 0 Å². The van der Waals surface area contributed by atoms with Crippen LogP contribution in [0.25, 0.3) is 11.1 Å². The van der Waals surface area contributed by atoms with E-state index in [9.17, 15) is 18.0 Å². The van der Waals surface area contributed by atoms with Crippen LogP contribution in [0, 0.1) is 5.92 Å². The van der Waals surface area contributed by atoms with Gasteiger partial charge in [-0.1, -0.05) is 42.5 Å². The largest absolute Gasteiger partial charge is 0.573 e. The third kappa shape index (κ3) is 5.52. The van der Waals surface area contributed by atoms with Gasteiger partial charge >= 0.3 is 6.36 Å². The van der Waals surface area contributed by atoms with Gasteiger partial charge in [-0.2, -0.15) is 0 Å². The summed E-state index contributed by atoms with van der Waals surface area (Å²) in [5.74, 6) is 0.432. The Bertz CT molecular complexity index is 1040. The lowest BCUT2D eigenvalue weighted by Gasteiger charge is -2.29. The van der Waals surface area contributed by atoms with E-state index >= 15 is 0 Å². The van der Waals surface area contributed by atoms with Crippen molar-refractivity contribution in [3.63, 3.8) is 0 Å². The van der Waals surface area contributed by atoms with Crippen LogP contribution in [0.1, 0.15) is 47.5 Å². The highest BCUT2D eigenvalue weighted by molar-refractivity contribution is 6.00. The molecule has 0 aliphatic heterocycles. The normalized spacial score (nSPS) is 18.8. The van der Waals surface area contributed by atoms with Gasteiger partial charge in [0.05, 0.1) is 5.56 Å². The van der Waals surface area contributed by atoms with Gasteiger partial charge in [-0.05, 0) is 60.8 Å². The fraction of sp³-hybridized carbons (Fsp3) is 0.320. The van der Waals surface area contributed by atoms with Gasteiger partial charge in [-0.15, -0.1) is 13.2 Å². The minimum absolute atomic E-state index is 0.242. The number of nitrogens with one attached hydrogen (secondary N) is 2. The fourth-order valence-electron chi connectivity index (χ4n) is 4.41. The number of hydrogen-bond acceptors (Lipinski definition) is 2. The zero-order valence-corrected chi connectivity index (χ0v) is 17.5. The lowest BCUT2D eigenvalue weighted by Crippen LogP contribution is -2.31. The van der Waals surface area contributed by atoms with E-state index < -0.39 is 6.36 Å². The van der Waals surface area contributed by atoms with Crippen molar-refractivity contribution in [2.75, 3.05) is 6.54 Å². The summed E-state index contributed by atoms with van der Waals surface area (Å²) in [7, 11) is 0. The van der Waals surface area contributed by atoms with Gasteiger partial charge in [0.15, 0.2) is 0 Å². The number of halogens is 3. The molecule has 1 heterocycles.